The molecule has 1 N–H and O–H groups in total. The molecule has 9 nitrogen and oxygen atoms in total. The Bertz CT molecular complexity index is 1160. The number of hydrogen-bond acceptors (Lipinski definition) is 8. The van der Waals surface area contributed by atoms with Gasteiger partial charge in [0, 0.05) is 12.1 Å². The average molecular weight is 433 g/mol. The largest absolute Gasteiger partial charge is 0.483 e. The van der Waals surface area contributed by atoms with Crippen LogP contribution in [0.5, 0.6) is 5.75 Å². The maximum absolute atomic E-state index is 12.6. The first-order valence-corrected chi connectivity index (χ1v) is 10.5. The summed E-state index contributed by atoms with van der Waals surface area (Å²) in [7, 11) is -3.91. The first-order chi connectivity index (χ1) is 13.8. The molecule has 3 aromatic rings. The fraction of sp³-hybridized carbons (Fsp3) is 0.111. The maximum Gasteiger partial charge on any atom is 0.269 e. The number of ether oxygens (including phenoxy) is 1. The summed E-state index contributed by atoms with van der Waals surface area (Å²) in [6.07, 6.45) is 1.12. The van der Waals surface area contributed by atoms with Crippen LogP contribution < -0.4 is 10.1 Å². The van der Waals surface area contributed by atoms with Crippen LogP contribution in [0, 0.1) is 17.0 Å². The predicted molar refractivity (Wildman–Crippen MR) is 106 cm³/mol. The van der Waals surface area contributed by atoms with Gasteiger partial charge in [0.05, 0.1) is 16.0 Å². The molecule has 3 rings (SSSR count). The van der Waals surface area contributed by atoms with Crippen molar-refractivity contribution in [2.75, 3.05) is 11.9 Å². The topological polar surface area (TPSA) is 128 Å². The van der Waals surface area contributed by atoms with Crippen LogP contribution in [0.15, 0.2) is 63.8 Å². The van der Waals surface area contributed by atoms with Crippen LogP contribution in [0.3, 0.4) is 0 Å². The van der Waals surface area contributed by atoms with Crippen molar-refractivity contribution in [1.29, 1.82) is 0 Å². The number of rotatable bonds is 7. The van der Waals surface area contributed by atoms with E-state index in [2.05, 4.69) is 10.3 Å². The smallest absolute Gasteiger partial charge is 0.269 e. The van der Waals surface area contributed by atoms with Gasteiger partial charge in [-0.3, -0.25) is 20.2 Å². The molecule has 0 aliphatic heterocycles. The van der Waals surface area contributed by atoms with Gasteiger partial charge in [0.25, 0.3) is 11.6 Å². The molecule has 11 heteroatoms. The van der Waals surface area contributed by atoms with E-state index in [4.69, 9.17) is 4.74 Å². The highest BCUT2D eigenvalue weighted by atomic mass is 32.2. The molecule has 0 aliphatic carbocycles. The van der Waals surface area contributed by atoms with E-state index >= 15 is 0 Å². The monoisotopic (exact) mass is 433 g/mol. The van der Waals surface area contributed by atoms with Crippen molar-refractivity contribution in [3.8, 4) is 5.75 Å². The second kappa shape index (κ2) is 8.37. The molecule has 0 saturated carbocycles. The zero-order chi connectivity index (χ0) is 21.0. The van der Waals surface area contributed by atoms with Crippen molar-refractivity contribution >= 4 is 37.9 Å². The predicted octanol–water partition coefficient (Wildman–Crippen LogP) is 3.21. The number of aromatic nitrogens is 1. The number of nitro groups is 1. The molecule has 1 heterocycles. The van der Waals surface area contributed by atoms with Crippen LogP contribution in [0.1, 0.15) is 5.56 Å². The minimum Gasteiger partial charge on any atom is -0.483 e. The number of amides is 1. The molecule has 0 fully saturated rings. The lowest BCUT2D eigenvalue weighted by molar-refractivity contribution is -0.384. The Balaban J connectivity index is 1.67. The van der Waals surface area contributed by atoms with Gasteiger partial charge in [-0.05, 0) is 30.7 Å². The third-order valence-electron chi connectivity index (χ3n) is 3.81. The van der Waals surface area contributed by atoms with E-state index in [1.807, 2.05) is 19.1 Å². The number of sulfone groups is 1. The second-order valence-electron chi connectivity index (χ2n) is 5.84. The molecule has 0 saturated heterocycles. The SMILES string of the molecule is Cc1ccccc1OCC(=O)Nc1ncc(S(=O)(=O)c2ccc([N+](=O)[O-])cc2)s1. The normalized spacial score (nSPS) is 11.1. The Hall–Kier alpha value is -3.31. The van der Waals surface area contributed by atoms with Gasteiger partial charge in [-0.25, -0.2) is 13.4 Å². The van der Waals surface area contributed by atoms with E-state index in [-0.39, 0.29) is 26.5 Å². The minimum absolute atomic E-state index is 0.0959. The van der Waals surface area contributed by atoms with Crippen molar-refractivity contribution in [1.82, 2.24) is 4.98 Å². The van der Waals surface area contributed by atoms with Gasteiger partial charge in [0.2, 0.25) is 9.84 Å². The number of para-hydroxylation sites is 1. The van der Waals surface area contributed by atoms with E-state index in [1.54, 1.807) is 12.1 Å². The van der Waals surface area contributed by atoms with Crippen LogP contribution in [-0.4, -0.2) is 30.8 Å². The van der Waals surface area contributed by atoms with Gasteiger partial charge >= 0.3 is 0 Å². The van der Waals surface area contributed by atoms with Gasteiger partial charge in [0.1, 0.15) is 9.96 Å². The molecular formula is C18H15N3O6S2. The molecule has 29 heavy (non-hydrogen) atoms. The van der Waals surface area contributed by atoms with Crippen LogP contribution in [0.4, 0.5) is 10.8 Å². The summed E-state index contributed by atoms with van der Waals surface area (Å²) in [5, 5.41) is 13.3. The van der Waals surface area contributed by atoms with E-state index in [0.717, 1.165) is 47.4 Å². The quantitative estimate of drug-likeness (QED) is 0.447. The number of nitrogens with zero attached hydrogens (tertiary/aromatic N) is 2. The van der Waals surface area contributed by atoms with Gasteiger partial charge < -0.3 is 4.74 Å². The Morgan fingerprint density at radius 3 is 2.55 bits per heavy atom. The molecule has 2 aromatic carbocycles. The number of thiazole rings is 1. The summed E-state index contributed by atoms with van der Waals surface area (Å²) in [4.78, 5) is 25.9. The highest BCUT2D eigenvalue weighted by molar-refractivity contribution is 7.93. The summed E-state index contributed by atoms with van der Waals surface area (Å²) < 4.78 is 30.6. The molecule has 0 spiro atoms. The molecule has 1 amide bonds. The Morgan fingerprint density at radius 2 is 1.90 bits per heavy atom. The molecule has 0 radical (unpaired) electrons. The van der Waals surface area contributed by atoms with E-state index < -0.39 is 20.7 Å². The first-order valence-electron chi connectivity index (χ1n) is 8.21. The zero-order valence-electron chi connectivity index (χ0n) is 15.1. The number of non-ortho nitro benzene ring substituents is 1. The third-order valence-corrected chi connectivity index (χ3v) is 6.95. The lowest BCUT2D eigenvalue weighted by Gasteiger charge is -2.08. The number of aryl methyl sites for hydroxylation is 1. The number of hydrogen-bond donors (Lipinski definition) is 1. The standard InChI is InChI=1S/C18H15N3O6S2/c1-12-4-2-3-5-15(12)27-11-16(22)20-18-19-10-17(28-18)29(25,26)14-8-6-13(7-9-14)21(23)24/h2-10H,11H2,1H3,(H,19,20,22). The zero-order valence-corrected chi connectivity index (χ0v) is 16.7. The fourth-order valence-electron chi connectivity index (χ4n) is 2.32. The molecule has 150 valence electrons. The summed E-state index contributed by atoms with van der Waals surface area (Å²) in [6.45, 7) is 1.60. The van der Waals surface area contributed by atoms with Crippen molar-refractivity contribution in [2.24, 2.45) is 0 Å². The number of carbonyl (C=O) groups is 1. The lowest BCUT2D eigenvalue weighted by atomic mass is 10.2. The van der Waals surface area contributed by atoms with Gasteiger partial charge in [-0.1, -0.05) is 29.5 Å². The number of anilines is 1. The Labute approximate surface area is 170 Å². The summed E-state index contributed by atoms with van der Waals surface area (Å²) in [6, 6.07) is 11.8. The van der Waals surface area contributed by atoms with Gasteiger partial charge in [-0.15, -0.1) is 0 Å². The summed E-state index contributed by atoms with van der Waals surface area (Å²) in [5.74, 6) is 0.0881. The van der Waals surface area contributed by atoms with Crippen LogP contribution in [0.2, 0.25) is 0 Å². The number of carbonyl (C=O) groups excluding carboxylic acids is 1. The third kappa shape index (κ3) is 4.76. The van der Waals surface area contributed by atoms with Crippen LogP contribution >= 0.6 is 11.3 Å². The molecule has 0 bridgehead atoms. The van der Waals surface area contributed by atoms with Crippen molar-refractivity contribution in [3.05, 3.63) is 70.4 Å². The molecule has 1 aromatic heterocycles. The molecular weight excluding hydrogens is 418 g/mol. The van der Waals surface area contributed by atoms with Crippen LogP contribution in [-0.2, 0) is 14.6 Å². The lowest BCUT2D eigenvalue weighted by Crippen LogP contribution is -2.20. The van der Waals surface area contributed by atoms with Crippen molar-refractivity contribution in [3.63, 3.8) is 0 Å². The molecule has 0 unspecified atom stereocenters. The number of nitrogens with one attached hydrogen (secondary N) is 1. The summed E-state index contributed by atoms with van der Waals surface area (Å²) in [5.41, 5.74) is 0.667. The highest BCUT2D eigenvalue weighted by Gasteiger charge is 2.22. The molecule has 0 atom stereocenters. The van der Waals surface area contributed by atoms with E-state index in [9.17, 15) is 23.3 Å². The molecule has 0 aliphatic rings. The highest BCUT2D eigenvalue weighted by Crippen LogP contribution is 2.29. The first kappa shape index (κ1) is 20.4. The van der Waals surface area contributed by atoms with Crippen LogP contribution in [0.25, 0.3) is 0 Å². The minimum atomic E-state index is -3.91. The van der Waals surface area contributed by atoms with Gasteiger partial charge in [-0.2, -0.15) is 0 Å². The number of benzene rings is 2. The fourth-order valence-corrected chi connectivity index (χ4v) is 4.77. The maximum atomic E-state index is 12.6. The van der Waals surface area contributed by atoms with E-state index in [0.29, 0.717) is 5.75 Å². The average Bonchev–Trinajstić information content (AvgIpc) is 3.16. The van der Waals surface area contributed by atoms with Gasteiger partial charge in [0.15, 0.2) is 11.7 Å². The second-order valence-corrected chi connectivity index (χ2v) is 9.05. The van der Waals surface area contributed by atoms with Crippen molar-refractivity contribution < 1.29 is 22.9 Å². The Morgan fingerprint density at radius 1 is 1.21 bits per heavy atom. The number of nitro benzene ring substituents is 1. The van der Waals surface area contributed by atoms with Crippen molar-refractivity contribution in [2.45, 2.75) is 16.0 Å². The van der Waals surface area contributed by atoms with E-state index in [1.165, 1.54) is 0 Å². The summed E-state index contributed by atoms with van der Waals surface area (Å²) >= 11 is 0.778. The Kier molecular flexibility index (Phi) is 5.89.